The van der Waals surface area contributed by atoms with Gasteiger partial charge in [-0.2, -0.15) is 0 Å². The Labute approximate surface area is 195 Å². The molecule has 0 radical (unpaired) electrons. The van der Waals surface area contributed by atoms with E-state index in [0.29, 0.717) is 12.0 Å². The number of nitrogens with one attached hydrogen (secondary N) is 1. The smallest absolute Gasteiger partial charge is 0.251 e. The van der Waals surface area contributed by atoms with Gasteiger partial charge >= 0.3 is 0 Å². The van der Waals surface area contributed by atoms with Crippen LogP contribution in [-0.2, 0) is 5.41 Å². The molecule has 2 N–H and O–H groups in total. The number of piperidine rings is 1. The summed E-state index contributed by atoms with van der Waals surface area (Å²) < 4.78 is 5.51. The lowest BCUT2D eigenvalue weighted by atomic mass is 9.57. The number of aliphatic hydroxyl groups excluding tert-OH is 1. The van der Waals surface area contributed by atoms with Crippen molar-refractivity contribution in [2.75, 3.05) is 27.2 Å². The predicted molar refractivity (Wildman–Crippen MR) is 131 cm³/mol. The number of aliphatic hydroxyl groups is 1. The molecular formula is C28H32N2O3. The third-order valence-corrected chi connectivity index (χ3v) is 7.75. The van der Waals surface area contributed by atoms with Crippen LogP contribution in [0.1, 0.15) is 35.2 Å². The van der Waals surface area contributed by atoms with Gasteiger partial charge in [-0.3, -0.25) is 4.79 Å². The summed E-state index contributed by atoms with van der Waals surface area (Å²) >= 11 is 0. The van der Waals surface area contributed by atoms with E-state index in [1.807, 2.05) is 54.6 Å². The summed E-state index contributed by atoms with van der Waals surface area (Å²) in [5.74, 6) is 0.874. The van der Waals surface area contributed by atoms with Crippen LogP contribution in [0, 0.1) is 5.92 Å². The van der Waals surface area contributed by atoms with Gasteiger partial charge in [-0.05, 0) is 73.5 Å². The van der Waals surface area contributed by atoms with Crippen LogP contribution in [0.4, 0.5) is 0 Å². The molecule has 5 nitrogen and oxygen atoms in total. The summed E-state index contributed by atoms with van der Waals surface area (Å²) in [5, 5.41) is 16.7. The van der Waals surface area contributed by atoms with Crippen LogP contribution < -0.4 is 10.1 Å². The normalized spacial score (nSPS) is 27.7. The number of rotatable bonds is 4. The standard InChI is InChI=1S/C28H32N2O3/c1-30-13-12-28(22-8-5-9-24(15-22)33-2)17-23(16-26(31)25(28)18-30)29-27(32)21-11-10-19-6-3-4-7-20(19)14-21/h3-11,14-15,23,25-26,31H,12-13,16-18H2,1-2H3,(H,29,32). The van der Waals surface area contributed by atoms with E-state index in [1.165, 1.54) is 5.56 Å². The molecule has 1 amide bonds. The Hall–Kier alpha value is -2.89. The number of methoxy groups -OCH3 is 1. The number of benzene rings is 3. The molecule has 172 valence electrons. The number of hydrogen-bond donors (Lipinski definition) is 2. The topological polar surface area (TPSA) is 61.8 Å². The van der Waals surface area contributed by atoms with E-state index in [9.17, 15) is 9.90 Å². The maximum atomic E-state index is 13.2. The molecule has 2 aliphatic rings. The lowest BCUT2D eigenvalue weighted by molar-refractivity contribution is -0.0420. The lowest BCUT2D eigenvalue weighted by Crippen LogP contribution is -2.60. The van der Waals surface area contributed by atoms with Gasteiger partial charge in [-0.25, -0.2) is 0 Å². The Balaban J connectivity index is 1.43. The number of hydrogen-bond acceptors (Lipinski definition) is 4. The van der Waals surface area contributed by atoms with Crippen molar-refractivity contribution < 1.29 is 14.6 Å². The zero-order chi connectivity index (χ0) is 23.0. The van der Waals surface area contributed by atoms with E-state index in [1.54, 1.807) is 7.11 Å². The molecule has 1 saturated carbocycles. The average molecular weight is 445 g/mol. The molecule has 5 rings (SSSR count). The van der Waals surface area contributed by atoms with Crippen LogP contribution in [0.3, 0.4) is 0 Å². The molecule has 4 atom stereocenters. The molecule has 0 bridgehead atoms. The van der Waals surface area contributed by atoms with Crippen LogP contribution in [0.5, 0.6) is 5.75 Å². The minimum atomic E-state index is -0.477. The number of carbonyl (C=O) groups is 1. The van der Waals surface area contributed by atoms with Crippen molar-refractivity contribution in [2.45, 2.75) is 36.8 Å². The summed E-state index contributed by atoms with van der Waals surface area (Å²) in [6.45, 7) is 1.81. The summed E-state index contributed by atoms with van der Waals surface area (Å²) in [7, 11) is 3.81. The minimum Gasteiger partial charge on any atom is -0.497 e. The van der Waals surface area contributed by atoms with Crippen molar-refractivity contribution in [1.82, 2.24) is 10.2 Å². The van der Waals surface area contributed by atoms with Crippen molar-refractivity contribution in [3.05, 3.63) is 77.9 Å². The Morgan fingerprint density at radius 1 is 1.09 bits per heavy atom. The van der Waals surface area contributed by atoms with Crippen LogP contribution in [0.15, 0.2) is 66.7 Å². The monoisotopic (exact) mass is 444 g/mol. The van der Waals surface area contributed by atoms with Crippen LogP contribution >= 0.6 is 0 Å². The Kier molecular flexibility index (Phi) is 5.85. The maximum absolute atomic E-state index is 13.2. The third kappa shape index (κ3) is 4.11. The summed E-state index contributed by atoms with van der Waals surface area (Å²) in [6, 6.07) is 22.0. The highest BCUT2D eigenvalue weighted by atomic mass is 16.5. The van der Waals surface area contributed by atoms with Gasteiger partial charge in [0.05, 0.1) is 13.2 Å². The molecule has 5 heteroatoms. The Bertz CT molecular complexity index is 1160. The molecule has 1 aliphatic carbocycles. The molecule has 0 spiro atoms. The number of carbonyl (C=O) groups excluding carboxylic acids is 1. The summed E-state index contributed by atoms with van der Waals surface area (Å²) in [5.41, 5.74) is 1.66. The quantitative estimate of drug-likeness (QED) is 0.639. The number of likely N-dealkylation sites (tertiary alicyclic amines) is 1. The van der Waals surface area contributed by atoms with Gasteiger partial charge in [0, 0.05) is 29.5 Å². The number of amides is 1. The summed E-state index contributed by atoms with van der Waals surface area (Å²) in [6.07, 6.45) is 1.86. The first-order valence-electron chi connectivity index (χ1n) is 11.8. The Morgan fingerprint density at radius 2 is 1.91 bits per heavy atom. The molecule has 3 aromatic rings. The highest BCUT2D eigenvalue weighted by Gasteiger charge is 2.51. The van der Waals surface area contributed by atoms with E-state index in [-0.39, 0.29) is 23.3 Å². The SMILES string of the molecule is COc1cccc(C23CCN(C)CC2C(O)CC(NC(=O)c2ccc4ccccc4c2)C3)c1. The fourth-order valence-corrected chi connectivity index (χ4v) is 6.02. The molecular weight excluding hydrogens is 412 g/mol. The molecule has 3 aromatic carbocycles. The molecule has 0 aromatic heterocycles. The van der Waals surface area contributed by atoms with Crippen molar-refractivity contribution >= 4 is 16.7 Å². The fraction of sp³-hybridized carbons (Fsp3) is 0.393. The predicted octanol–water partition coefficient (Wildman–Crippen LogP) is 3.99. The first-order valence-corrected chi connectivity index (χ1v) is 11.8. The lowest BCUT2D eigenvalue weighted by Gasteiger charge is -2.54. The molecule has 33 heavy (non-hydrogen) atoms. The number of ether oxygens (including phenoxy) is 1. The number of nitrogens with zero attached hydrogens (tertiary/aromatic N) is 1. The second kappa shape index (κ2) is 8.81. The second-order valence-corrected chi connectivity index (χ2v) is 9.75. The van der Waals surface area contributed by atoms with Crippen LogP contribution in [-0.4, -0.2) is 55.3 Å². The van der Waals surface area contributed by atoms with E-state index in [0.717, 1.165) is 42.5 Å². The fourth-order valence-electron chi connectivity index (χ4n) is 6.02. The second-order valence-electron chi connectivity index (χ2n) is 9.75. The van der Waals surface area contributed by atoms with E-state index >= 15 is 0 Å². The van der Waals surface area contributed by atoms with Crippen molar-refractivity contribution in [3.63, 3.8) is 0 Å². The first-order chi connectivity index (χ1) is 16.0. The van der Waals surface area contributed by atoms with Gasteiger partial charge < -0.3 is 20.1 Å². The van der Waals surface area contributed by atoms with Crippen LogP contribution in [0.25, 0.3) is 10.8 Å². The molecule has 1 heterocycles. The minimum absolute atomic E-state index is 0.0786. The highest BCUT2D eigenvalue weighted by molar-refractivity contribution is 5.98. The van der Waals surface area contributed by atoms with Gasteiger partial charge in [0.1, 0.15) is 5.75 Å². The zero-order valence-electron chi connectivity index (χ0n) is 19.3. The average Bonchev–Trinajstić information content (AvgIpc) is 2.84. The van der Waals surface area contributed by atoms with Gasteiger partial charge in [-0.15, -0.1) is 0 Å². The van der Waals surface area contributed by atoms with Crippen molar-refractivity contribution in [1.29, 1.82) is 0 Å². The van der Waals surface area contributed by atoms with E-state index in [2.05, 4.69) is 29.4 Å². The molecule has 2 fully saturated rings. The van der Waals surface area contributed by atoms with Gasteiger partial charge in [0.25, 0.3) is 5.91 Å². The number of fused-ring (bicyclic) bond motifs is 2. The first kappa shape index (κ1) is 21.9. The zero-order valence-corrected chi connectivity index (χ0v) is 19.3. The van der Waals surface area contributed by atoms with Gasteiger partial charge in [0.15, 0.2) is 0 Å². The molecule has 4 unspecified atom stereocenters. The van der Waals surface area contributed by atoms with Crippen molar-refractivity contribution in [3.8, 4) is 5.75 Å². The van der Waals surface area contributed by atoms with Crippen molar-refractivity contribution in [2.24, 2.45) is 5.92 Å². The molecule has 1 saturated heterocycles. The van der Waals surface area contributed by atoms with Gasteiger partial charge in [-0.1, -0.05) is 42.5 Å². The van der Waals surface area contributed by atoms with Gasteiger partial charge in [0.2, 0.25) is 0 Å². The van der Waals surface area contributed by atoms with Crippen LogP contribution in [0.2, 0.25) is 0 Å². The molecule has 1 aliphatic heterocycles. The maximum Gasteiger partial charge on any atom is 0.251 e. The van der Waals surface area contributed by atoms with E-state index < -0.39 is 6.10 Å². The summed E-state index contributed by atoms with van der Waals surface area (Å²) in [4.78, 5) is 15.5. The third-order valence-electron chi connectivity index (χ3n) is 7.75. The largest absolute Gasteiger partial charge is 0.497 e. The highest BCUT2D eigenvalue weighted by Crippen LogP contribution is 2.49. The Morgan fingerprint density at radius 3 is 2.73 bits per heavy atom. The van der Waals surface area contributed by atoms with E-state index in [4.69, 9.17) is 4.74 Å².